The van der Waals surface area contributed by atoms with E-state index in [1.165, 1.54) is 11.2 Å². The summed E-state index contributed by atoms with van der Waals surface area (Å²) in [5, 5.41) is 25.4. The minimum atomic E-state index is -1.10. The van der Waals surface area contributed by atoms with Crippen LogP contribution in [0.5, 0.6) is 0 Å². The molecule has 1 aromatic rings. The van der Waals surface area contributed by atoms with E-state index >= 15 is 0 Å². The number of nitrogens with one attached hydrogen (secondary N) is 1. The van der Waals surface area contributed by atoms with Crippen molar-refractivity contribution in [1.29, 1.82) is 0 Å². The number of hydrogen-bond acceptors (Lipinski definition) is 5. The Balaban J connectivity index is 2.59. The number of aryl methyl sites for hydroxylation is 1. The van der Waals surface area contributed by atoms with Crippen LogP contribution in [0.15, 0.2) is 10.7 Å². The van der Waals surface area contributed by atoms with Gasteiger partial charge in [0.05, 0.1) is 18.3 Å². The van der Waals surface area contributed by atoms with Crippen LogP contribution in [0.4, 0.5) is 5.82 Å². The third kappa shape index (κ3) is 1.37. The van der Waals surface area contributed by atoms with Crippen molar-refractivity contribution in [3.63, 3.8) is 0 Å². The van der Waals surface area contributed by atoms with Gasteiger partial charge in [0.25, 0.3) is 5.82 Å². The molecule has 16 heavy (non-hydrogen) atoms. The largest absolute Gasteiger partial charge is 0.601 e. The maximum Gasteiger partial charge on any atom is 0.338 e. The lowest BCUT2D eigenvalue weighted by molar-refractivity contribution is -0.905. The Hall–Kier alpha value is -1.86. The summed E-state index contributed by atoms with van der Waals surface area (Å²) in [6.45, 7) is 3.73. The Kier molecular flexibility index (Phi) is 2.41. The van der Waals surface area contributed by atoms with Gasteiger partial charge in [-0.1, -0.05) is 0 Å². The van der Waals surface area contributed by atoms with Crippen molar-refractivity contribution in [3.05, 3.63) is 22.7 Å². The molecule has 0 fully saturated rings. The van der Waals surface area contributed by atoms with Crippen LogP contribution in [-0.4, -0.2) is 27.8 Å². The highest BCUT2D eigenvalue weighted by Crippen LogP contribution is 2.27. The van der Waals surface area contributed by atoms with Gasteiger partial charge in [-0.3, -0.25) is 0 Å². The van der Waals surface area contributed by atoms with E-state index in [-0.39, 0.29) is 22.1 Å². The van der Waals surface area contributed by atoms with E-state index in [1.54, 1.807) is 13.8 Å². The Morgan fingerprint density at radius 3 is 3.00 bits per heavy atom. The number of carbonyl (C=O) groups is 1. The predicted octanol–water partition coefficient (Wildman–Crippen LogP) is -0.327. The molecular weight excluding hydrogens is 214 g/mol. The first-order valence-corrected chi connectivity index (χ1v) is 4.79. The van der Waals surface area contributed by atoms with E-state index in [4.69, 9.17) is 9.63 Å². The van der Waals surface area contributed by atoms with Crippen LogP contribution in [0.1, 0.15) is 18.2 Å². The number of rotatable bonds is 2. The molecule has 2 rings (SSSR count). The van der Waals surface area contributed by atoms with Gasteiger partial charge in [-0.05, 0) is 19.0 Å². The average Bonchev–Trinajstić information content (AvgIpc) is 2.62. The lowest BCUT2D eigenvalue weighted by Gasteiger charge is -2.33. The molecule has 1 aliphatic heterocycles. The SMILES string of the molecule is CCN1C=C(C(=O)O)c2c(noc2C)[NH+]1[O-]. The fourth-order valence-corrected chi connectivity index (χ4v) is 1.65. The van der Waals surface area contributed by atoms with E-state index < -0.39 is 5.97 Å². The molecule has 1 unspecified atom stereocenters. The standard InChI is InChI=1S/C9H11N3O4/c1-3-11-4-6(9(13)14)7-5(2)16-10-8(7)12(11)15/h4,12H,3H2,1-2H3,(H,13,14). The lowest BCUT2D eigenvalue weighted by Crippen LogP contribution is -3.09. The number of nitrogens with zero attached hydrogens (tertiary/aromatic N) is 2. The van der Waals surface area contributed by atoms with E-state index in [9.17, 15) is 10.0 Å². The molecule has 0 saturated heterocycles. The summed E-state index contributed by atoms with van der Waals surface area (Å²) >= 11 is 0. The molecule has 0 radical (unpaired) electrons. The number of carboxylic acids is 1. The Morgan fingerprint density at radius 2 is 2.44 bits per heavy atom. The van der Waals surface area contributed by atoms with Crippen LogP contribution < -0.4 is 5.17 Å². The second kappa shape index (κ2) is 3.62. The summed E-state index contributed by atoms with van der Waals surface area (Å²) in [6.07, 6.45) is 1.32. The average molecular weight is 225 g/mol. The summed E-state index contributed by atoms with van der Waals surface area (Å²) in [6, 6.07) is 0. The van der Waals surface area contributed by atoms with Crippen molar-refractivity contribution in [2.75, 3.05) is 6.54 Å². The molecule has 0 saturated carbocycles. The first-order valence-electron chi connectivity index (χ1n) is 4.79. The van der Waals surface area contributed by atoms with Crippen molar-refractivity contribution in [3.8, 4) is 0 Å². The highest BCUT2D eigenvalue weighted by atomic mass is 16.6. The number of hydrogen-bond donors (Lipinski definition) is 2. The Labute approximate surface area is 91.1 Å². The highest BCUT2D eigenvalue weighted by molar-refractivity contribution is 6.16. The van der Waals surface area contributed by atoms with Gasteiger partial charge in [0.1, 0.15) is 11.3 Å². The molecule has 0 bridgehead atoms. The Morgan fingerprint density at radius 1 is 1.75 bits per heavy atom. The molecule has 0 amide bonds. The summed E-state index contributed by atoms with van der Waals surface area (Å²) in [7, 11) is 0. The molecule has 7 nitrogen and oxygen atoms in total. The van der Waals surface area contributed by atoms with E-state index in [2.05, 4.69) is 5.16 Å². The summed E-state index contributed by atoms with van der Waals surface area (Å²) < 4.78 is 4.86. The molecule has 1 aromatic heterocycles. The van der Waals surface area contributed by atoms with E-state index in [0.29, 0.717) is 12.3 Å². The second-order valence-corrected chi connectivity index (χ2v) is 3.40. The molecule has 0 aromatic carbocycles. The molecule has 86 valence electrons. The highest BCUT2D eigenvalue weighted by Gasteiger charge is 2.33. The van der Waals surface area contributed by atoms with Gasteiger partial charge in [0, 0.05) is 0 Å². The maximum absolute atomic E-state index is 11.8. The van der Waals surface area contributed by atoms with Gasteiger partial charge in [-0.25, -0.2) is 15.0 Å². The number of aliphatic carboxylic acids is 1. The van der Waals surface area contributed by atoms with Crippen molar-refractivity contribution < 1.29 is 19.6 Å². The predicted molar refractivity (Wildman–Crippen MR) is 53.2 cm³/mol. The van der Waals surface area contributed by atoms with Crippen LogP contribution in [0.2, 0.25) is 0 Å². The van der Waals surface area contributed by atoms with Gasteiger partial charge in [-0.15, -0.1) is 0 Å². The molecule has 1 atom stereocenters. The second-order valence-electron chi connectivity index (χ2n) is 3.40. The third-order valence-corrected chi connectivity index (χ3v) is 2.45. The van der Waals surface area contributed by atoms with Gasteiger partial charge in [-0.2, -0.15) is 0 Å². The normalized spacial score (nSPS) is 19.3. The molecule has 7 heteroatoms. The minimum absolute atomic E-state index is 0.0372. The van der Waals surface area contributed by atoms with Gasteiger partial charge >= 0.3 is 5.97 Å². The van der Waals surface area contributed by atoms with Crippen molar-refractivity contribution in [2.45, 2.75) is 13.8 Å². The lowest BCUT2D eigenvalue weighted by atomic mass is 10.1. The molecule has 2 heterocycles. The van der Waals surface area contributed by atoms with Crippen molar-refractivity contribution in [1.82, 2.24) is 10.2 Å². The van der Waals surface area contributed by atoms with Crippen LogP contribution in [0.25, 0.3) is 5.57 Å². The van der Waals surface area contributed by atoms with Crippen LogP contribution in [0, 0.1) is 12.1 Å². The monoisotopic (exact) mass is 225 g/mol. The van der Waals surface area contributed by atoms with E-state index in [0.717, 1.165) is 0 Å². The zero-order chi connectivity index (χ0) is 11.9. The maximum atomic E-state index is 11.8. The fraction of sp³-hybridized carbons (Fsp3) is 0.333. The fourth-order valence-electron chi connectivity index (χ4n) is 1.65. The number of fused-ring (bicyclic) bond motifs is 1. The summed E-state index contributed by atoms with van der Waals surface area (Å²) in [4.78, 5) is 11.1. The molecule has 2 N–H and O–H groups in total. The van der Waals surface area contributed by atoms with Gasteiger partial charge in [0.15, 0.2) is 0 Å². The van der Waals surface area contributed by atoms with Crippen LogP contribution >= 0.6 is 0 Å². The topological polar surface area (TPSA) is 94.1 Å². The summed E-state index contributed by atoms with van der Waals surface area (Å²) in [5.74, 6) is -0.689. The molecule has 0 spiro atoms. The van der Waals surface area contributed by atoms with Gasteiger partial charge in [0.2, 0.25) is 0 Å². The van der Waals surface area contributed by atoms with Crippen molar-refractivity contribution in [2.24, 2.45) is 0 Å². The number of aromatic nitrogens is 1. The van der Waals surface area contributed by atoms with Crippen LogP contribution in [0.3, 0.4) is 0 Å². The molecular formula is C9H11N3O4. The molecule has 1 aliphatic rings. The number of carboxylic acid groups (broad SMARTS) is 1. The Bertz CT molecular complexity index is 465. The first kappa shape index (κ1) is 10.7. The van der Waals surface area contributed by atoms with Crippen molar-refractivity contribution >= 4 is 17.4 Å². The van der Waals surface area contributed by atoms with Crippen LogP contribution in [-0.2, 0) is 4.79 Å². The summed E-state index contributed by atoms with van der Waals surface area (Å²) in [5.41, 5.74) is 0.317. The third-order valence-electron chi connectivity index (χ3n) is 2.45. The first-order chi connectivity index (χ1) is 7.56. The van der Waals surface area contributed by atoms with E-state index in [1.807, 2.05) is 0 Å². The zero-order valence-corrected chi connectivity index (χ0v) is 8.85. The number of quaternary nitrogens is 1. The quantitative estimate of drug-likeness (QED) is 0.669. The minimum Gasteiger partial charge on any atom is -0.601 e. The molecule has 0 aliphatic carbocycles. The zero-order valence-electron chi connectivity index (χ0n) is 8.85. The van der Waals surface area contributed by atoms with Gasteiger partial charge < -0.3 is 14.8 Å². The smallest absolute Gasteiger partial charge is 0.338 e.